The first kappa shape index (κ1) is 13.2. The SMILES string of the molecule is CC(C)CCCN(CCCl)C(C)C. The lowest BCUT2D eigenvalue weighted by atomic mass is 10.1. The minimum absolute atomic E-state index is 0.630. The number of nitrogens with zero attached hydrogens (tertiary/aromatic N) is 1. The molecule has 0 N–H and O–H groups in total. The van der Waals surface area contributed by atoms with Crippen molar-refractivity contribution in [2.75, 3.05) is 19.0 Å². The number of hydrogen-bond acceptors (Lipinski definition) is 1. The molecule has 0 atom stereocenters. The van der Waals surface area contributed by atoms with Crippen LogP contribution in [0.1, 0.15) is 40.5 Å². The molecule has 13 heavy (non-hydrogen) atoms. The zero-order valence-corrected chi connectivity index (χ0v) is 10.3. The summed E-state index contributed by atoms with van der Waals surface area (Å²) >= 11 is 5.74. The molecular formula is C11H24ClN. The maximum Gasteiger partial charge on any atom is 0.0351 e. The predicted molar refractivity (Wildman–Crippen MR) is 61.5 cm³/mol. The van der Waals surface area contributed by atoms with Gasteiger partial charge in [0.15, 0.2) is 0 Å². The fourth-order valence-electron chi connectivity index (χ4n) is 1.44. The zero-order chi connectivity index (χ0) is 10.3. The first-order chi connectivity index (χ1) is 6.07. The van der Waals surface area contributed by atoms with Crippen molar-refractivity contribution in [3.8, 4) is 0 Å². The summed E-state index contributed by atoms with van der Waals surface area (Å²) in [5, 5.41) is 0. The standard InChI is InChI=1S/C11H24ClN/c1-10(2)6-5-8-13(9-7-12)11(3)4/h10-11H,5-9H2,1-4H3. The second-order valence-corrected chi connectivity index (χ2v) is 4.73. The molecule has 0 heterocycles. The Kier molecular flexibility index (Phi) is 7.78. The molecule has 1 nitrogen and oxygen atoms in total. The topological polar surface area (TPSA) is 3.24 Å². The summed E-state index contributed by atoms with van der Waals surface area (Å²) in [6.45, 7) is 11.3. The molecule has 2 heteroatoms. The van der Waals surface area contributed by atoms with Crippen molar-refractivity contribution in [3.63, 3.8) is 0 Å². The molecule has 0 saturated heterocycles. The Hall–Kier alpha value is 0.250. The lowest BCUT2D eigenvalue weighted by Crippen LogP contribution is -2.33. The van der Waals surface area contributed by atoms with E-state index in [9.17, 15) is 0 Å². The molecule has 0 aliphatic carbocycles. The van der Waals surface area contributed by atoms with E-state index in [1.54, 1.807) is 0 Å². The van der Waals surface area contributed by atoms with Gasteiger partial charge in [-0.2, -0.15) is 0 Å². The molecule has 0 aliphatic rings. The number of halogens is 1. The fraction of sp³-hybridized carbons (Fsp3) is 1.00. The lowest BCUT2D eigenvalue weighted by Gasteiger charge is -2.25. The Morgan fingerprint density at radius 2 is 1.69 bits per heavy atom. The van der Waals surface area contributed by atoms with Crippen molar-refractivity contribution in [2.45, 2.75) is 46.6 Å². The van der Waals surface area contributed by atoms with Crippen molar-refractivity contribution in [1.82, 2.24) is 4.90 Å². The quantitative estimate of drug-likeness (QED) is 0.577. The third-order valence-electron chi connectivity index (χ3n) is 2.33. The van der Waals surface area contributed by atoms with Crippen LogP contribution in [0, 0.1) is 5.92 Å². The first-order valence-corrected chi connectivity index (χ1v) is 5.91. The average molecular weight is 206 g/mol. The van der Waals surface area contributed by atoms with Crippen molar-refractivity contribution in [3.05, 3.63) is 0 Å². The number of rotatable bonds is 7. The molecule has 0 aromatic heterocycles. The molecule has 0 bridgehead atoms. The lowest BCUT2D eigenvalue weighted by molar-refractivity contribution is 0.227. The van der Waals surface area contributed by atoms with Gasteiger partial charge < -0.3 is 0 Å². The highest BCUT2D eigenvalue weighted by atomic mass is 35.5. The highest BCUT2D eigenvalue weighted by Gasteiger charge is 2.07. The third kappa shape index (κ3) is 7.33. The van der Waals surface area contributed by atoms with Crippen LogP contribution in [0.25, 0.3) is 0 Å². The van der Waals surface area contributed by atoms with E-state index in [1.165, 1.54) is 19.4 Å². The van der Waals surface area contributed by atoms with Crippen molar-refractivity contribution >= 4 is 11.6 Å². The smallest absolute Gasteiger partial charge is 0.0351 e. The van der Waals surface area contributed by atoms with E-state index in [4.69, 9.17) is 11.6 Å². The highest BCUT2D eigenvalue weighted by Crippen LogP contribution is 2.07. The minimum Gasteiger partial charge on any atom is -0.300 e. The molecule has 0 saturated carbocycles. The van der Waals surface area contributed by atoms with Crippen molar-refractivity contribution in [2.24, 2.45) is 5.92 Å². The summed E-state index contributed by atoms with van der Waals surface area (Å²) < 4.78 is 0. The van der Waals surface area contributed by atoms with Crippen LogP contribution >= 0.6 is 11.6 Å². The van der Waals surface area contributed by atoms with E-state index < -0.39 is 0 Å². The van der Waals surface area contributed by atoms with E-state index in [1.807, 2.05) is 0 Å². The molecular weight excluding hydrogens is 182 g/mol. The van der Waals surface area contributed by atoms with Crippen LogP contribution in [-0.2, 0) is 0 Å². The molecule has 0 fully saturated rings. The molecule has 80 valence electrons. The summed E-state index contributed by atoms with van der Waals surface area (Å²) in [5.74, 6) is 1.57. The number of alkyl halides is 1. The number of hydrogen-bond donors (Lipinski definition) is 0. The maximum absolute atomic E-state index is 5.74. The van der Waals surface area contributed by atoms with Crippen LogP contribution in [0.3, 0.4) is 0 Å². The van der Waals surface area contributed by atoms with Crippen LogP contribution in [-0.4, -0.2) is 29.9 Å². The van der Waals surface area contributed by atoms with Gasteiger partial charge in [-0.25, -0.2) is 0 Å². The van der Waals surface area contributed by atoms with Gasteiger partial charge in [0.05, 0.1) is 0 Å². The monoisotopic (exact) mass is 205 g/mol. The van der Waals surface area contributed by atoms with Gasteiger partial charge in [0.2, 0.25) is 0 Å². The first-order valence-electron chi connectivity index (χ1n) is 5.38. The second-order valence-electron chi connectivity index (χ2n) is 4.35. The molecule has 0 aromatic carbocycles. The van der Waals surface area contributed by atoms with Crippen LogP contribution in [0.2, 0.25) is 0 Å². The fourth-order valence-corrected chi connectivity index (χ4v) is 1.66. The minimum atomic E-state index is 0.630. The highest BCUT2D eigenvalue weighted by molar-refractivity contribution is 6.18. The van der Waals surface area contributed by atoms with Gasteiger partial charge in [-0.15, -0.1) is 11.6 Å². The molecule has 0 rings (SSSR count). The molecule has 0 amide bonds. The summed E-state index contributed by atoms with van der Waals surface area (Å²) in [6.07, 6.45) is 2.62. The predicted octanol–water partition coefficient (Wildman–Crippen LogP) is 3.37. The van der Waals surface area contributed by atoms with E-state index in [2.05, 4.69) is 32.6 Å². The Bertz CT molecular complexity index is 113. The van der Waals surface area contributed by atoms with Gasteiger partial charge in [-0.3, -0.25) is 4.90 Å². The van der Waals surface area contributed by atoms with E-state index >= 15 is 0 Å². The summed E-state index contributed by atoms with van der Waals surface area (Å²) in [4.78, 5) is 2.45. The van der Waals surface area contributed by atoms with Crippen molar-refractivity contribution in [1.29, 1.82) is 0 Å². The third-order valence-corrected chi connectivity index (χ3v) is 2.50. The van der Waals surface area contributed by atoms with E-state index in [-0.39, 0.29) is 0 Å². The van der Waals surface area contributed by atoms with E-state index in [0.29, 0.717) is 6.04 Å². The Morgan fingerprint density at radius 3 is 2.08 bits per heavy atom. The Balaban J connectivity index is 3.57. The van der Waals surface area contributed by atoms with Crippen LogP contribution in [0.15, 0.2) is 0 Å². The molecule has 0 spiro atoms. The van der Waals surface area contributed by atoms with Crippen molar-refractivity contribution < 1.29 is 0 Å². The van der Waals surface area contributed by atoms with E-state index in [0.717, 1.165) is 18.3 Å². The second kappa shape index (κ2) is 7.64. The largest absolute Gasteiger partial charge is 0.300 e. The van der Waals surface area contributed by atoms with Gasteiger partial charge in [-0.1, -0.05) is 13.8 Å². The average Bonchev–Trinajstić information content (AvgIpc) is 2.02. The summed E-state index contributed by atoms with van der Waals surface area (Å²) in [5.41, 5.74) is 0. The van der Waals surface area contributed by atoms with Gasteiger partial charge >= 0.3 is 0 Å². The summed E-state index contributed by atoms with van der Waals surface area (Å²) in [7, 11) is 0. The molecule has 0 radical (unpaired) electrons. The molecule has 0 aromatic rings. The Morgan fingerprint density at radius 1 is 1.08 bits per heavy atom. The molecule has 0 unspecified atom stereocenters. The van der Waals surface area contributed by atoms with Crippen LogP contribution < -0.4 is 0 Å². The maximum atomic E-state index is 5.74. The zero-order valence-electron chi connectivity index (χ0n) is 9.52. The van der Waals surface area contributed by atoms with Gasteiger partial charge in [0.1, 0.15) is 0 Å². The van der Waals surface area contributed by atoms with Gasteiger partial charge in [-0.05, 0) is 39.2 Å². The van der Waals surface area contributed by atoms with Gasteiger partial charge in [0, 0.05) is 18.5 Å². The van der Waals surface area contributed by atoms with Crippen LogP contribution in [0.5, 0.6) is 0 Å². The normalized spacial score (nSPS) is 12.0. The molecule has 0 aliphatic heterocycles. The van der Waals surface area contributed by atoms with Gasteiger partial charge in [0.25, 0.3) is 0 Å². The van der Waals surface area contributed by atoms with Crippen LogP contribution in [0.4, 0.5) is 0 Å². The Labute approximate surface area is 88.5 Å². The summed E-state index contributed by atoms with van der Waals surface area (Å²) in [6, 6.07) is 0.630.